The van der Waals surface area contributed by atoms with Gasteiger partial charge in [-0.2, -0.15) is 4.72 Å². The number of aromatic nitrogens is 1. The monoisotopic (exact) mass is 281 g/mol. The molecular weight excluding hydrogens is 266 g/mol. The zero-order chi connectivity index (χ0) is 14.0. The van der Waals surface area contributed by atoms with E-state index < -0.39 is 16.1 Å². The van der Waals surface area contributed by atoms with Gasteiger partial charge >= 0.3 is 0 Å². The summed E-state index contributed by atoms with van der Waals surface area (Å²) in [6.45, 7) is 3.41. The number of nitrogens with zero attached hydrogens (tertiary/aromatic N) is 1. The van der Waals surface area contributed by atoms with Gasteiger partial charge in [0.05, 0.1) is 17.1 Å². The lowest BCUT2D eigenvalue weighted by molar-refractivity contribution is 0.428. The average molecular weight is 281 g/mol. The van der Waals surface area contributed by atoms with Gasteiger partial charge in [0.2, 0.25) is 15.9 Å². The zero-order valence-electron chi connectivity index (χ0n) is 10.6. The quantitative estimate of drug-likeness (QED) is 0.829. The minimum Gasteiger partial charge on any atom is -0.444 e. The number of rotatable bonds is 4. The van der Waals surface area contributed by atoms with E-state index in [1.807, 2.05) is 0 Å². The number of sulfonamides is 1. The molecule has 7 heteroatoms. The summed E-state index contributed by atoms with van der Waals surface area (Å²) in [5.41, 5.74) is 5.97. The smallest absolute Gasteiger partial charge is 0.241 e. The van der Waals surface area contributed by atoms with E-state index in [0.29, 0.717) is 17.3 Å². The second kappa shape index (κ2) is 5.02. The number of aryl methyl sites for hydroxylation is 1. The van der Waals surface area contributed by atoms with Crippen molar-refractivity contribution in [2.24, 2.45) is 0 Å². The van der Waals surface area contributed by atoms with E-state index in [9.17, 15) is 8.42 Å². The fourth-order valence-electron chi connectivity index (χ4n) is 1.61. The maximum Gasteiger partial charge on any atom is 0.241 e. The summed E-state index contributed by atoms with van der Waals surface area (Å²) in [7, 11) is -3.65. The standard InChI is InChI=1S/C12H15N3O3S/c1-8-7-14-12(18-8)9(2)15-19(16,17)11-5-3-4-10(13)6-11/h3-7,9,15H,13H2,1-2H3. The summed E-state index contributed by atoms with van der Waals surface area (Å²) in [5.74, 6) is 0.954. The SMILES string of the molecule is Cc1cnc(C(C)NS(=O)(=O)c2cccc(N)c2)o1. The topological polar surface area (TPSA) is 98.2 Å². The van der Waals surface area contributed by atoms with Gasteiger partial charge in [-0.05, 0) is 32.0 Å². The molecule has 1 aromatic carbocycles. The highest BCUT2D eigenvalue weighted by molar-refractivity contribution is 7.89. The molecule has 0 saturated carbocycles. The van der Waals surface area contributed by atoms with Gasteiger partial charge in [0, 0.05) is 5.69 Å². The largest absolute Gasteiger partial charge is 0.444 e. The van der Waals surface area contributed by atoms with Gasteiger partial charge < -0.3 is 10.2 Å². The Morgan fingerprint density at radius 1 is 1.42 bits per heavy atom. The van der Waals surface area contributed by atoms with Gasteiger partial charge in [-0.1, -0.05) is 6.07 Å². The maximum atomic E-state index is 12.1. The molecular formula is C12H15N3O3S. The summed E-state index contributed by atoms with van der Waals surface area (Å²) in [6, 6.07) is 5.53. The average Bonchev–Trinajstić information content (AvgIpc) is 2.75. The highest BCUT2D eigenvalue weighted by Crippen LogP contribution is 2.18. The lowest BCUT2D eigenvalue weighted by atomic mass is 10.3. The third-order valence-corrected chi connectivity index (χ3v) is 4.05. The number of nitrogens with two attached hydrogens (primary N) is 1. The predicted octanol–water partition coefficient (Wildman–Crippen LogP) is 1.60. The van der Waals surface area contributed by atoms with Crippen molar-refractivity contribution >= 4 is 15.7 Å². The number of nitrogens with one attached hydrogen (secondary N) is 1. The predicted molar refractivity (Wildman–Crippen MR) is 70.8 cm³/mol. The molecule has 3 N–H and O–H groups in total. The molecule has 0 fully saturated rings. The van der Waals surface area contributed by atoms with E-state index in [1.54, 1.807) is 32.2 Å². The molecule has 0 radical (unpaired) electrons. The number of hydrogen-bond donors (Lipinski definition) is 2. The molecule has 1 aromatic heterocycles. The third-order valence-electron chi connectivity index (χ3n) is 2.51. The second-order valence-electron chi connectivity index (χ2n) is 4.22. The van der Waals surface area contributed by atoms with E-state index in [4.69, 9.17) is 10.2 Å². The van der Waals surface area contributed by atoms with Crippen molar-refractivity contribution in [2.75, 3.05) is 5.73 Å². The van der Waals surface area contributed by atoms with E-state index >= 15 is 0 Å². The molecule has 2 rings (SSSR count). The van der Waals surface area contributed by atoms with Crippen LogP contribution in [0.4, 0.5) is 5.69 Å². The normalized spacial score (nSPS) is 13.4. The van der Waals surface area contributed by atoms with Crippen LogP contribution in [0.15, 0.2) is 39.8 Å². The maximum absolute atomic E-state index is 12.1. The molecule has 0 bridgehead atoms. The van der Waals surface area contributed by atoms with Crippen LogP contribution in [0.2, 0.25) is 0 Å². The van der Waals surface area contributed by atoms with Crippen molar-refractivity contribution in [3.8, 4) is 0 Å². The van der Waals surface area contributed by atoms with E-state index in [2.05, 4.69) is 9.71 Å². The molecule has 2 aromatic rings. The molecule has 0 spiro atoms. The summed E-state index contributed by atoms with van der Waals surface area (Å²) < 4.78 is 32.1. The van der Waals surface area contributed by atoms with Gasteiger partial charge in [0.15, 0.2) is 0 Å². The molecule has 0 amide bonds. The Morgan fingerprint density at radius 3 is 2.74 bits per heavy atom. The molecule has 0 aliphatic carbocycles. The highest BCUT2D eigenvalue weighted by atomic mass is 32.2. The first kappa shape index (κ1) is 13.6. The molecule has 1 unspecified atom stereocenters. The highest BCUT2D eigenvalue weighted by Gasteiger charge is 2.21. The molecule has 19 heavy (non-hydrogen) atoms. The Balaban J connectivity index is 2.22. The van der Waals surface area contributed by atoms with Crippen LogP contribution in [-0.2, 0) is 10.0 Å². The number of hydrogen-bond acceptors (Lipinski definition) is 5. The minimum atomic E-state index is -3.65. The van der Waals surface area contributed by atoms with Crippen LogP contribution in [0, 0.1) is 6.92 Å². The summed E-state index contributed by atoms with van der Waals surface area (Å²) >= 11 is 0. The van der Waals surface area contributed by atoms with E-state index in [-0.39, 0.29) is 4.90 Å². The molecule has 6 nitrogen and oxygen atoms in total. The number of anilines is 1. The van der Waals surface area contributed by atoms with Crippen molar-refractivity contribution in [3.05, 3.63) is 42.1 Å². The number of nitrogen functional groups attached to an aromatic ring is 1. The van der Waals surface area contributed by atoms with Gasteiger partial charge in [0.1, 0.15) is 5.76 Å². The van der Waals surface area contributed by atoms with E-state index in [0.717, 1.165) is 0 Å². The van der Waals surface area contributed by atoms with Crippen molar-refractivity contribution in [1.82, 2.24) is 9.71 Å². The first-order chi connectivity index (χ1) is 8.88. The van der Waals surface area contributed by atoms with Crippen molar-refractivity contribution in [1.29, 1.82) is 0 Å². The first-order valence-electron chi connectivity index (χ1n) is 5.69. The molecule has 0 aliphatic rings. The summed E-state index contributed by atoms with van der Waals surface area (Å²) in [5, 5.41) is 0. The molecule has 0 saturated heterocycles. The van der Waals surface area contributed by atoms with Gasteiger partial charge in [0.25, 0.3) is 0 Å². The lowest BCUT2D eigenvalue weighted by Crippen LogP contribution is -2.27. The second-order valence-corrected chi connectivity index (χ2v) is 5.94. The van der Waals surface area contributed by atoms with Crippen LogP contribution in [-0.4, -0.2) is 13.4 Å². The van der Waals surface area contributed by atoms with Crippen molar-refractivity contribution < 1.29 is 12.8 Å². The van der Waals surface area contributed by atoms with Gasteiger partial charge in [-0.25, -0.2) is 13.4 Å². The van der Waals surface area contributed by atoms with Crippen LogP contribution in [0.25, 0.3) is 0 Å². The van der Waals surface area contributed by atoms with Crippen LogP contribution in [0.1, 0.15) is 24.6 Å². The Labute approximate surface area is 111 Å². The zero-order valence-corrected chi connectivity index (χ0v) is 11.4. The fraction of sp³-hybridized carbons (Fsp3) is 0.250. The summed E-state index contributed by atoms with van der Waals surface area (Å²) in [4.78, 5) is 4.11. The number of benzene rings is 1. The van der Waals surface area contributed by atoms with Crippen LogP contribution < -0.4 is 10.5 Å². The Hall–Kier alpha value is -1.86. The first-order valence-corrected chi connectivity index (χ1v) is 7.17. The summed E-state index contributed by atoms with van der Waals surface area (Å²) in [6.07, 6.45) is 1.54. The Bertz CT molecular complexity index is 679. The van der Waals surface area contributed by atoms with Gasteiger partial charge in [-0.3, -0.25) is 0 Å². The van der Waals surface area contributed by atoms with Crippen molar-refractivity contribution in [3.63, 3.8) is 0 Å². The lowest BCUT2D eigenvalue weighted by Gasteiger charge is -2.11. The van der Waals surface area contributed by atoms with Crippen molar-refractivity contribution in [2.45, 2.75) is 24.8 Å². The Kier molecular flexibility index (Phi) is 3.59. The van der Waals surface area contributed by atoms with Crippen LogP contribution in [0.5, 0.6) is 0 Å². The van der Waals surface area contributed by atoms with Crippen LogP contribution in [0.3, 0.4) is 0 Å². The van der Waals surface area contributed by atoms with Gasteiger partial charge in [-0.15, -0.1) is 0 Å². The molecule has 102 valence electrons. The minimum absolute atomic E-state index is 0.114. The van der Waals surface area contributed by atoms with E-state index in [1.165, 1.54) is 12.1 Å². The Morgan fingerprint density at radius 2 is 2.16 bits per heavy atom. The molecule has 1 heterocycles. The van der Waals surface area contributed by atoms with Crippen LogP contribution >= 0.6 is 0 Å². The molecule has 1 atom stereocenters. The fourth-order valence-corrected chi connectivity index (χ4v) is 2.86. The molecule has 0 aliphatic heterocycles. The number of oxazole rings is 1. The third kappa shape index (κ3) is 3.12.